The molecule has 0 saturated carbocycles. The van der Waals surface area contributed by atoms with Gasteiger partial charge in [-0.2, -0.15) is 13.2 Å². The van der Waals surface area contributed by atoms with Gasteiger partial charge in [-0.3, -0.25) is 9.78 Å². The summed E-state index contributed by atoms with van der Waals surface area (Å²) in [5, 5.41) is 15.8. The van der Waals surface area contributed by atoms with Gasteiger partial charge in [0.05, 0.1) is 18.7 Å². The van der Waals surface area contributed by atoms with Crippen molar-refractivity contribution in [2.24, 2.45) is 0 Å². The van der Waals surface area contributed by atoms with Gasteiger partial charge in [-0.1, -0.05) is 29.0 Å². The number of hydrogen-bond acceptors (Lipinski definition) is 6. The van der Waals surface area contributed by atoms with Gasteiger partial charge in [-0.05, 0) is 42.8 Å². The number of fused-ring (bicyclic) bond motifs is 1. The summed E-state index contributed by atoms with van der Waals surface area (Å²) in [6.45, 7) is 3.47. The van der Waals surface area contributed by atoms with Gasteiger partial charge in [0.15, 0.2) is 0 Å². The Hall–Kier alpha value is -4.32. The van der Waals surface area contributed by atoms with E-state index >= 15 is 0 Å². The smallest absolute Gasteiger partial charge is 0.475 e. The zero-order chi connectivity index (χ0) is 26.6. The highest BCUT2D eigenvalue weighted by Gasteiger charge is 2.38. The molecule has 0 bridgehead atoms. The van der Waals surface area contributed by atoms with E-state index in [0.29, 0.717) is 25.3 Å². The summed E-state index contributed by atoms with van der Waals surface area (Å²) >= 11 is 0. The van der Waals surface area contributed by atoms with Crippen LogP contribution in [0.4, 0.5) is 13.2 Å². The summed E-state index contributed by atoms with van der Waals surface area (Å²) in [6, 6.07) is 15.6. The number of alkyl halides is 3. The molecule has 1 unspecified atom stereocenters. The third-order valence-corrected chi connectivity index (χ3v) is 5.62. The molecule has 1 aliphatic heterocycles. The first-order valence-electron chi connectivity index (χ1n) is 11.2. The van der Waals surface area contributed by atoms with Crippen molar-refractivity contribution in [1.29, 1.82) is 0 Å². The number of nitrogens with zero attached hydrogens (tertiary/aromatic N) is 5. The maximum absolute atomic E-state index is 13.0. The molecule has 0 aliphatic carbocycles. The molecule has 37 heavy (non-hydrogen) atoms. The number of pyridine rings is 2. The molecule has 1 amide bonds. The quantitative estimate of drug-likeness (QED) is 0.442. The molecule has 3 aromatic heterocycles. The first kappa shape index (κ1) is 25.8. The third-order valence-electron chi connectivity index (χ3n) is 5.62. The number of aromatic nitrogens is 4. The van der Waals surface area contributed by atoms with E-state index in [1.807, 2.05) is 66.6 Å². The van der Waals surface area contributed by atoms with Crippen LogP contribution in [-0.4, -0.2) is 67.6 Å². The molecule has 1 aliphatic rings. The van der Waals surface area contributed by atoms with Crippen LogP contribution in [0.2, 0.25) is 0 Å². The molecule has 192 valence electrons. The second kappa shape index (κ2) is 10.7. The number of aryl methyl sites for hydroxylation is 1. The number of amides is 1. The van der Waals surface area contributed by atoms with Crippen LogP contribution in [0.5, 0.6) is 0 Å². The molecule has 0 radical (unpaired) electrons. The van der Waals surface area contributed by atoms with Crippen molar-refractivity contribution in [3.63, 3.8) is 0 Å². The van der Waals surface area contributed by atoms with E-state index in [1.54, 1.807) is 16.9 Å². The van der Waals surface area contributed by atoms with Crippen molar-refractivity contribution in [3.8, 4) is 11.1 Å². The van der Waals surface area contributed by atoms with Crippen LogP contribution in [0, 0.1) is 6.92 Å². The maximum Gasteiger partial charge on any atom is 0.490 e. The Morgan fingerprint density at radius 1 is 1.08 bits per heavy atom. The van der Waals surface area contributed by atoms with Crippen LogP contribution in [-0.2, 0) is 9.53 Å². The van der Waals surface area contributed by atoms with Gasteiger partial charge in [0, 0.05) is 36.3 Å². The summed E-state index contributed by atoms with van der Waals surface area (Å²) in [5.74, 6) is -2.74. The number of morpholine rings is 1. The lowest BCUT2D eigenvalue weighted by atomic mass is 10.1. The molecule has 1 saturated heterocycles. The number of carboxylic acid groups (broad SMARTS) is 1. The SMILES string of the molecule is Cc1cccc(C(=O)N2CCOC(c3nnn4cc(-c5ccncc5)ccc34)C2)c1.O=C(O)C(F)(F)F. The number of carbonyl (C=O) groups excluding carboxylic acids is 1. The predicted molar refractivity (Wildman–Crippen MR) is 126 cm³/mol. The Morgan fingerprint density at radius 3 is 2.49 bits per heavy atom. The second-order valence-electron chi connectivity index (χ2n) is 8.24. The summed E-state index contributed by atoms with van der Waals surface area (Å²) < 4.78 is 39.5. The van der Waals surface area contributed by atoms with Gasteiger partial charge < -0.3 is 14.7 Å². The molecule has 4 aromatic rings. The molecule has 1 atom stereocenters. The Bertz CT molecular complexity index is 1410. The van der Waals surface area contributed by atoms with Crippen molar-refractivity contribution in [2.45, 2.75) is 19.2 Å². The first-order chi connectivity index (χ1) is 17.6. The number of carboxylic acids is 1. The summed E-state index contributed by atoms with van der Waals surface area (Å²) in [5.41, 5.74) is 5.49. The fraction of sp³-hybridized carbons (Fsp3) is 0.240. The third kappa shape index (κ3) is 6.09. The van der Waals surface area contributed by atoms with Gasteiger partial charge in [0.2, 0.25) is 0 Å². The summed E-state index contributed by atoms with van der Waals surface area (Å²) in [4.78, 5) is 27.7. The molecule has 9 nitrogen and oxygen atoms in total. The van der Waals surface area contributed by atoms with Gasteiger partial charge in [0.25, 0.3) is 5.91 Å². The predicted octanol–water partition coefficient (Wildman–Crippen LogP) is 3.95. The molecule has 1 fully saturated rings. The molecule has 4 heterocycles. The van der Waals surface area contributed by atoms with Crippen LogP contribution in [0.1, 0.15) is 27.7 Å². The Kier molecular flexibility index (Phi) is 7.48. The molecule has 0 spiro atoms. The molecular weight excluding hydrogens is 491 g/mol. The van der Waals surface area contributed by atoms with E-state index in [9.17, 15) is 18.0 Å². The van der Waals surface area contributed by atoms with E-state index < -0.39 is 12.1 Å². The van der Waals surface area contributed by atoms with E-state index in [-0.39, 0.29) is 12.0 Å². The van der Waals surface area contributed by atoms with Gasteiger partial charge in [0.1, 0.15) is 11.8 Å². The average molecular weight is 513 g/mol. The van der Waals surface area contributed by atoms with E-state index in [2.05, 4.69) is 15.3 Å². The van der Waals surface area contributed by atoms with Crippen LogP contribution < -0.4 is 0 Å². The van der Waals surface area contributed by atoms with Crippen molar-refractivity contribution >= 4 is 17.4 Å². The molecular formula is C25H22F3N5O4. The highest BCUT2D eigenvalue weighted by molar-refractivity contribution is 5.94. The van der Waals surface area contributed by atoms with E-state index in [4.69, 9.17) is 14.6 Å². The monoisotopic (exact) mass is 513 g/mol. The van der Waals surface area contributed by atoms with Crippen molar-refractivity contribution in [2.75, 3.05) is 19.7 Å². The van der Waals surface area contributed by atoms with E-state index in [1.165, 1.54) is 0 Å². The number of aliphatic carboxylic acids is 1. The van der Waals surface area contributed by atoms with Crippen molar-refractivity contribution < 1.29 is 32.6 Å². The normalized spacial score (nSPS) is 15.7. The topological polar surface area (TPSA) is 110 Å². The lowest BCUT2D eigenvalue weighted by molar-refractivity contribution is -0.192. The van der Waals surface area contributed by atoms with Crippen molar-refractivity contribution in [1.82, 2.24) is 24.7 Å². The molecule has 1 N–H and O–H groups in total. The standard InChI is InChI=1S/C23H21N5O2.C2HF3O2/c1-16-3-2-4-18(13-16)23(29)27-11-12-30-21(15-27)22-20-6-5-19(14-28(20)26-25-22)17-7-9-24-10-8-17;3-2(4,5)1(6)7/h2-10,13-14,21H,11-12,15H2,1H3;(H,6,7). The van der Waals surface area contributed by atoms with Crippen LogP contribution in [0.15, 0.2) is 67.1 Å². The fourth-order valence-corrected chi connectivity index (χ4v) is 3.82. The van der Waals surface area contributed by atoms with E-state index in [0.717, 1.165) is 27.9 Å². The number of carbonyl (C=O) groups is 2. The number of rotatable bonds is 3. The van der Waals surface area contributed by atoms with Crippen LogP contribution >= 0.6 is 0 Å². The fourth-order valence-electron chi connectivity index (χ4n) is 3.82. The highest BCUT2D eigenvalue weighted by Crippen LogP contribution is 2.27. The minimum absolute atomic E-state index is 0.0171. The van der Waals surface area contributed by atoms with Crippen LogP contribution in [0.3, 0.4) is 0 Å². The summed E-state index contributed by atoms with van der Waals surface area (Å²) in [6.07, 6.45) is 0.0840. The van der Waals surface area contributed by atoms with Gasteiger partial charge in [-0.25, -0.2) is 9.31 Å². The number of ether oxygens (including phenoxy) is 1. The average Bonchev–Trinajstić information content (AvgIpc) is 3.32. The van der Waals surface area contributed by atoms with Crippen LogP contribution in [0.25, 0.3) is 16.6 Å². The Morgan fingerprint density at radius 2 is 1.81 bits per heavy atom. The van der Waals surface area contributed by atoms with Gasteiger partial charge in [-0.15, -0.1) is 5.10 Å². The lowest BCUT2D eigenvalue weighted by Crippen LogP contribution is -2.42. The number of benzene rings is 1. The first-order valence-corrected chi connectivity index (χ1v) is 11.2. The largest absolute Gasteiger partial charge is 0.490 e. The molecule has 12 heteroatoms. The summed E-state index contributed by atoms with van der Waals surface area (Å²) in [7, 11) is 0. The zero-order valence-corrected chi connectivity index (χ0v) is 19.6. The number of halogens is 3. The van der Waals surface area contributed by atoms with Gasteiger partial charge >= 0.3 is 12.1 Å². The minimum Gasteiger partial charge on any atom is -0.475 e. The number of hydrogen-bond donors (Lipinski definition) is 1. The molecule has 5 rings (SSSR count). The Labute approximate surface area is 209 Å². The Balaban J connectivity index is 0.000000405. The highest BCUT2D eigenvalue weighted by atomic mass is 19.4. The lowest BCUT2D eigenvalue weighted by Gasteiger charge is -2.32. The second-order valence-corrected chi connectivity index (χ2v) is 8.24. The molecule has 1 aromatic carbocycles. The van der Waals surface area contributed by atoms with Crippen molar-refractivity contribution in [3.05, 3.63) is 83.9 Å². The zero-order valence-electron chi connectivity index (χ0n) is 19.6. The maximum atomic E-state index is 13.0. The minimum atomic E-state index is -5.08.